The van der Waals surface area contributed by atoms with Crippen LogP contribution in [0.3, 0.4) is 0 Å². The van der Waals surface area contributed by atoms with Crippen molar-refractivity contribution in [3.05, 3.63) is 18.2 Å². The van der Waals surface area contributed by atoms with Gasteiger partial charge in [-0.1, -0.05) is 0 Å². The first kappa shape index (κ1) is 20.3. The van der Waals surface area contributed by atoms with Gasteiger partial charge in [0.25, 0.3) is 5.91 Å². The molecule has 0 radical (unpaired) electrons. The normalized spacial score (nSPS) is 24.5. The van der Waals surface area contributed by atoms with Crippen LogP contribution in [0, 0.1) is 0 Å². The quantitative estimate of drug-likeness (QED) is 0.720. The summed E-state index contributed by atoms with van der Waals surface area (Å²) in [6.45, 7) is 3.46. The first-order valence-corrected chi connectivity index (χ1v) is 9.97. The number of fused-ring (bicyclic) bond motifs is 1. The van der Waals surface area contributed by atoms with Gasteiger partial charge in [0.1, 0.15) is 6.04 Å². The van der Waals surface area contributed by atoms with Crippen LogP contribution < -0.4 is 14.8 Å². The van der Waals surface area contributed by atoms with Gasteiger partial charge < -0.3 is 24.4 Å². The average Bonchev–Trinajstić information content (AvgIpc) is 3.17. The van der Waals surface area contributed by atoms with E-state index >= 15 is 0 Å². The summed E-state index contributed by atoms with van der Waals surface area (Å²) in [7, 11) is 3.02. The van der Waals surface area contributed by atoms with Crippen LogP contribution in [-0.2, 0) is 19.1 Å². The first-order valence-electron chi connectivity index (χ1n) is 8.98. The van der Waals surface area contributed by atoms with Crippen molar-refractivity contribution in [2.24, 2.45) is 0 Å². The van der Waals surface area contributed by atoms with Crippen molar-refractivity contribution in [1.82, 2.24) is 4.90 Å². The van der Waals surface area contributed by atoms with Gasteiger partial charge in [0, 0.05) is 23.9 Å². The van der Waals surface area contributed by atoms with E-state index < -0.39 is 24.0 Å². The predicted molar refractivity (Wildman–Crippen MR) is 104 cm³/mol. The highest BCUT2D eigenvalue weighted by molar-refractivity contribution is 8.01. The van der Waals surface area contributed by atoms with E-state index in [1.165, 1.54) is 21.1 Å². The van der Waals surface area contributed by atoms with Crippen LogP contribution in [0.15, 0.2) is 18.2 Å². The molecule has 2 heterocycles. The summed E-state index contributed by atoms with van der Waals surface area (Å²) in [4.78, 5) is 38.4. The number of carbonyl (C=O) groups excluding carboxylic acids is 3. The lowest BCUT2D eigenvalue weighted by Crippen LogP contribution is -2.48. The SMILES string of the molecule is COc1ccc(NC(=O)[C@@H](C)OC(=O)[C@H]2CS[C@@]3(C)CCC(=O)N23)cc1OC. The maximum atomic E-state index is 12.6. The Kier molecular flexibility index (Phi) is 5.74. The second-order valence-electron chi connectivity index (χ2n) is 6.90. The first-order chi connectivity index (χ1) is 13.3. The van der Waals surface area contributed by atoms with Gasteiger partial charge in [0.15, 0.2) is 17.6 Å². The molecule has 0 aliphatic carbocycles. The van der Waals surface area contributed by atoms with Gasteiger partial charge in [-0.15, -0.1) is 11.8 Å². The molecule has 2 saturated heterocycles. The number of hydrogen-bond acceptors (Lipinski definition) is 7. The molecule has 0 bridgehead atoms. The summed E-state index contributed by atoms with van der Waals surface area (Å²) in [5.74, 6) is 0.419. The number of esters is 1. The maximum absolute atomic E-state index is 12.6. The number of amides is 2. The zero-order chi connectivity index (χ0) is 20.5. The Morgan fingerprint density at radius 3 is 2.68 bits per heavy atom. The van der Waals surface area contributed by atoms with E-state index in [1.807, 2.05) is 6.92 Å². The van der Waals surface area contributed by atoms with Crippen molar-refractivity contribution in [3.63, 3.8) is 0 Å². The van der Waals surface area contributed by atoms with E-state index in [9.17, 15) is 14.4 Å². The minimum absolute atomic E-state index is 0.0446. The fourth-order valence-electron chi connectivity index (χ4n) is 3.46. The smallest absolute Gasteiger partial charge is 0.330 e. The highest BCUT2D eigenvalue weighted by Crippen LogP contribution is 2.47. The third kappa shape index (κ3) is 3.76. The fraction of sp³-hybridized carbons (Fsp3) is 0.526. The van der Waals surface area contributed by atoms with Gasteiger partial charge in [0.05, 0.1) is 19.1 Å². The second-order valence-corrected chi connectivity index (χ2v) is 8.41. The third-order valence-corrected chi connectivity index (χ3v) is 6.54. The lowest BCUT2D eigenvalue weighted by atomic mass is 10.2. The molecule has 0 unspecified atom stereocenters. The van der Waals surface area contributed by atoms with Crippen molar-refractivity contribution in [3.8, 4) is 11.5 Å². The van der Waals surface area contributed by atoms with Crippen LogP contribution in [0.1, 0.15) is 26.7 Å². The van der Waals surface area contributed by atoms with Crippen molar-refractivity contribution in [2.45, 2.75) is 43.7 Å². The summed E-state index contributed by atoms with van der Waals surface area (Å²) in [6.07, 6.45) is 0.147. The van der Waals surface area contributed by atoms with Crippen molar-refractivity contribution >= 4 is 35.2 Å². The molecule has 0 saturated carbocycles. The molecule has 0 spiro atoms. The Bertz CT molecular complexity index is 801. The molecule has 2 aliphatic rings. The van der Waals surface area contributed by atoms with E-state index in [-0.39, 0.29) is 10.8 Å². The topological polar surface area (TPSA) is 94.2 Å². The Labute approximate surface area is 167 Å². The van der Waals surface area contributed by atoms with E-state index in [0.29, 0.717) is 29.4 Å². The van der Waals surface area contributed by atoms with Gasteiger partial charge >= 0.3 is 5.97 Å². The third-order valence-electron chi connectivity index (χ3n) is 5.03. The monoisotopic (exact) mass is 408 g/mol. The molecule has 3 atom stereocenters. The number of methoxy groups -OCH3 is 2. The van der Waals surface area contributed by atoms with Crippen LogP contribution in [-0.4, -0.2) is 59.7 Å². The molecule has 8 nitrogen and oxygen atoms in total. The Balaban J connectivity index is 1.61. The molecule has 2 aliphatic heterocycles. The fourth-order valence-corrected chi connectivity index (χ4v) is 4.88. The maximum Gasteiger partial charge on any atom is 0.330 e. The number of nitrogens with one attached hydrogen (secondary N) is 1. The highest BCUT2D eigenvalue weighted by atomic mass is 32.2. The van der Waals surface area contributed by atoms with Crippen LogP contribution in [0.2, 0.25) is 0 Å². The van der Waals surface area contributed by atoms with Gasteiger partial charge in [0.2, 0.25) is 5.91 Å². The molecule has 28 heavy (non-hydrogen) atoms. The summed E-state index contributed by atoms with van der Waals surface area (Å²) < 4.78 is 15.7. The largest absolute Gasteiger partial charge is 0.493 e. The zero-order valence-corrected chi connectivity index (χ0v) is 17.1. The molecule has 3 rings (SSSR count). The molecule has 1 N–H and O–H groups in total. The Morgan fingerprint density at radius 1 is 1.29 bits per heavy atom. The molecule has 0 aromatic heterocycles. The van der Waals surface area contributed by atoms with E-state index in [0.717, 1.165) is 6.42 Å². The van der Waals surface area contributed by atoms with Crippen LogP contribution in [0.4, 0.5) is 5.69 Å². The zero-order valence-electron chi connectivity index (χ0n) is 16.3. The number of benzene rings is 1. The van der Waals surface area contributed by atoms with Crippen LogP contribution in [0.5, 0.6) is 11.5 Å². The number of rotatable bonds is 6. The lowest BCUT2D eigenvalue weighted by Gasteiger charge is -2.29. The summed E-state index contributed by atoms with van der Waals surface area (Å²) >= 11 is 1.58. The second kappa shape index (κ2) is 7.90. The molecule has 2 fully saturated rings. The molecule has 2 amide bonds. The number of carbonyl (C=O) groups is 3. The van der Waals surface area contributed by atoms with Crippen molar-refractivity contribution in [2.75, 3.05) is 25.3 Å². The van der Waals surface area contributed by atoms with Crippen LogP contribution in [0.25, 0.3) is 0 Å². The number of thioether (sulfide) groups is 1. The average molecular weight is 408 g/mol. The van der Waals surface area contributed by atoms with Crippen LogP contribution >= 0.6 is 11.8 Å². The highest BCUT2D eigenvalue weighted by Gasteiger charge is 2.53. The van der Waals surface area contributed by atoms with Crippen molar-refractivity contribution < 1.29 is 28.6 Å². The van der Waals surface area contributed by atoms with Gasteiger partial charge in [-0.05, 0) is 32.4 Å². The molecule has 152 valence electrons. The van der Waals surface area contributed by atoms with E-state index in [2.05, 4.69) is 5.32 Å². The minimum atomic E-state index is -1.00. The molecule has 1 aromatic carbocycles. The van der Waals surface area contributed by atoms with Crippen molar-refractivity contribution in [1.29, 1.82) is 0 Å². The number of ether oxygens (including phenoxy) is 3. The Hall–Kier alpha value is -2.42. The number of hydrogen-bond donors (Lipinski definition) is 1. The summed E-state index contributed by atoms with van der Waals surface area (Å²) in [6, 6.07) is 4.30. The predicted octanol–water partition coefficient (Wildman–Crippen LogP) is 2.03. The standard InChI is InChI=1S/C19H24N2O6S/c1-11(17(23)20-12-5-6-14(25-3)15(9-12)26-4)27-18(24)13-10-28-19(2)8-7-16(22)21(13)19/h5-6,9,11,13H,7-8,10H2,1-4H3,(H,20,23)/t11-,13-,19+/m1/s1. The number of anilines is 1. The minimum Gasteiger partial charge on any atom is -0.493 e. The number of nitrogens with zero attached hydrogens (tertiary/aromatic N) is 1. The molecular formula is C19H24N2O6S. The summed E-state index contributed by atoms with van der Waals surface area (Å²) in [5.41, 5.74) is 0.490. The Morgan fingerprint density at radius 2 is 2.00 bits per heavy atom. The van der Waals surface area contributed by atoms with E-state index in [4.69, 9.17) is 14.2 Å². The van der Waals surface area contributed by atoms with Gasteiger partial charge in [-0.3, -0.25) is 9.59 Å². The van der Waals surface area contributed by atoms with Gasteiger partial charge in [-0.2, -0.15) is 0 Å². The van der Waals surface area contributed by atoms with Gasteiger partial charge in [-0.25, -0.2) is 4.79 Å². The molecule has 1 aromatic rings. The molecular weight excluding hydrogens is 384 g/mol. The molecule has 9 heteroatoms. The van der Waals surface area contributed by atoms with E-state index in [1.54, 1.807) is 34.9 Å². The summed E-state index contributed by atoms with van der Waals surface area (Å²) in [5, 5.41) is 2.69. The lowest BCUT2D eigenvalue weighted by molar-refractivity contribution is -0.160.